The first-order chi connectivity index (χ1) is 39.0. The number of rotatable bonds is 62. The highest BCUT2D eigenvalue weighted by Crippen LogP contribution is 2.17. The van der Waals surface area contributed by atoms with Crippen molar-refractivity contribution in [1.82, 2.24) is 0 Å². The van der Waals surface area contributed by atoms with Crippen LogP contribution in [0.3, 0.4) is 0 Å². The van der Waals surface area contributed by atoms with Gasteiger partial charge in [-0.1, -0.05) is 311 Å². The number of allylic oxidation sites excluding steroid dienone is 13. The van der Waals surface area contributed by atoms with E-state index in [0.29, 0.717) is 12.8 Å². The molecule has 0 N–H and O–H groups in total. The predicted molar refractivity (Wildman–Crippen MR) is 344 cm³/mol. The van der Waals surface area contributed by atoms with E-state index in [4.69, 9.17) is 14.2 Å². The molecule has 0 aliphatic heterocycles. The lowest BCUT2D eigenvalue weighted by Gasteiger charge is -2.18. The van der Waals surface area contributed by atoms with Crippen LogP contribution in [-0.2, 0) is 28.6 Å². The predicted octanol–water partition coefficient (Wildman–Crippen LogP) is 23.4. The lowest BCUT2D eigenvalue weighted by Crippen LogP contribution is -2.30. The van der Waals surface area contributed by atoms with Gasteiger partial charge in [0.05, 0.1) is 6.42 Å². The van der Waals surface area contributed by atoms with Crippen LogP contribution in [0.15, 0.2) is 85.1 Å². The summed E-state index contributed by atoms with van der Waals surface area (Å²) in [7, 11) is 0. The van der Waals surface area contributed by atoms with Crippen LogP contribution in [0.25, 0.3) is 0 Å². The summed E-state index contributed by atoms with van der Waals surface area (Å²) < 4.78 is 16.8. The fourth-order valence-electron chi connectivity index (χ4n) is 9.81. The molecule has 6 nitrogen and oxygen atoms in total. The number of carbonyl (C=O) groups is 3. The molecule has 456 valence electrons. The van der Waals surface area contributed by atoms with E-state index in [2.05, 4.69) is 93.7 Å². The van der Waals surface area contributed by atoms with Gasteiger partial charge in [0.25, 0.3) is 0 Å². The van der Waals surface area contributed by atoms with Gasteiger partial charge in [0.1, 0.15) is 13.2 Å². The Bertz CT molecular complexity index is 1500. The zero-order valence-corrected chi connectivity index (χ0v) is 52.4. The molecule has 0 radical (unpaired) electrons. The standard InChI is InChI=1S/C73H128O6/c1-4-7-10-13-16-19-22-25-27-28-29-30-31-32-33-34-35-36-37-38-39-40-41-42-43-44-46-48-51-54-57-60-63-66-72(75)78-69-70(68-77-71(74)65-62-59-56-53-50-47-24-21-18-15-12-9-6-3)79-73(76)67-64-61-58-55-52-49-45-26-23-20-17-14-11-8-5-2/h8,11,17,20-21,24,26,28-29,45,52,55,61,64,70H,4-7,9-10,12-16,18-19,22-23,25,27,30-44,46-51,53-54,56-60,62-63,65-69H2,1-3H3/b11-8-,20-17-,24-21-,29-28-,45-26-,55-52-,64-61-. The largest absolute Gasteiger partial charge is 0.462 e. The fraction of sp³-hybridized carbons (Fsp3) is 0.767. The molecule has 0 aromatic carbocycles. The van der Waals surface area contributed by atoms with Crippen molar-refractivity contribution in [3.05, 3.63) is 85.1 Å². The van der Waals surface area contributed by atoms with E-state index in [1.165, 1.54) is 218 Å². The molecular weight excluding hydrogens is 973 g/mol. The van der Waals surface area contributed by atoms with Crippen LogP contribution in [0.5, 0.6) is 0 Å². The van der Waals surface area contributed by atoms with E-state index in [1.54, 1.807) is 6.08 Å². The summed E-state index contributed by atoms with van der Waals surface area (Å²) >= 11 is 0. The lowest BCUT2D eigenvalue weighted by molar-refractivity contribution is -0.166. The Morgan fingerprint density at radius 2 is 0.532 bits per heavy atom. The Morgan fingerprint density at radius 1 is 0.278 bits per heavy atom. The summed E-state index contributed by atoms with van der Waals surface area (Å²) in [5, 5.41) is 0. The summed E-state index contributed by atoms with van der Waals surface area (Å²) in [5.74, 6) is -1.04. The van der Waals surface area contributed by atoms with Gasteiger partial charge in [-0.15, -0.1) is 0 Å². The Hall–Kier alpha value is -3.41. The van der Waals surface area contributed by atoms with Crippen LogP contribution < -0.4 is 0 Å². The highest BCUT2D eigenvalue weighted by molar-refractivity contribution is 5.72. The summed E-state index contributed by atoms with van der Waals surface area (Å²) in [4.78, 5) is 38.2. The first kappa shape index (κ1) is 75.6. The second kappa shape index (κ2) is 67.1. The minimum atomic E-state index is -0.834. The van der Waals surface area contributed by atoms with Gasteiger partial charge in [-0.2, -0.15) is 0 Å². The van der Waals surface area contributed by atoms with Gasteiger partial charge in [0, 0.05) is 12.8 Å². The molecule has 0 saturated heterocycles. The Balaban J connectivity index is 4.16. The van der Waals surface area contributed by atoms with Crippen molar-refractivity contribution in [2.75, 3.05) is 13.2 Å². The summed E-state index contributed by atoms with van der Waals surface area (Å²) in [5.41, 5.74) is 0. The van der Waals surface area contributed by atoms with Gasteiger partial charge in [-0.25, -0.2) is 0 Å². The zero-order chi connectivity index (χ0) is 57.1. The van der Waals surface area contributed by atoms with E-state index >= 15 is 0 Å². The number of hydrogen-bond donors (Lipinski definition) is 0. The Kier molecular flexibility index (Phi) is 64.2. The third kappa shape index (κ3) is 65.3. The van der Waals surface area contributed by atoms with Crippen molar-refractivity contribution in [3.8, 4) is 0 Å². The van der Waals surface area contributed by atoms with Gasteiger partial charge in [0.2, 0.25) is 0 Å². The lowest BCUT2D eigenvalue weighted by atomic mass is 10.0. The summed E-state index contributed by atoms with van der Waals surface area (Å²) in [6.07, 6.45) is 89.5. The highest BCUT2D eigenvalue weighted by Gasteiger charge is 2.19. The third-order valence-electron chi connectivity index (χ3n) is 14.9. The zero-order valence-electron chi connectivity index (χ0n) is 52.4. The van der Waals surface area contributed by atoms with E-state index in [9.17, 15) is 14.4 Å². The van der Waals surface area contributed by atoms with Crippen LogP contribution in [0.4, 0.5) is 0 Å². The monoisotopic (exact) mass is 1100 g/mol. The van der Waals surface area contributed by atoms with Crippen molar-refractivity contribution in [1.29, 1.82) is 0 Å². The molecule has 0 aromatic rings. The summed E-state index contributed by atoms with van der Waals surface area (Å²) in [6.45, 7) is 6.45. The van der Waals surface area contributed by atoms with Crippen molar-refractivity contribution in [2.24, 2.45) is 0 Å². The second-order valence-corrected chi connectivity index (χ2v) is 22.7. The maximum absolute atomic E-state index is 12.8. The van der Waals surface area contributed by atoms with Crippen LogP contribution in [0.1, 0.15) is 342 Å². The van der Waals surface area contributed by atoms with Crippen LogP contribution in [-0.4, -0.2) is 37.2 Å². The maximum atomic E-state index is 12.8. The smallest absolute Gasteiger partial charge is 0.310 e. The van der Waals surface area contributed by atoms with E-state index in [1.807, 2.05) is 6.08 Å². The first-order valence-electron chi connectivity index (χ1n) is 34.1. The van der Waals surface area contributed by atoms with E-state index in [0.717, 1.165) is 83.5 Å². The second-order valence-electron chi connectivity index (χ2n) is 22.7. The SMILES string of the molecule is CC/C=C\C/C=C\C/C=C\C/C=C\C/C=C\CC(=O)OC(COC(=O)CCCCCCC/C=C\CCCCCC)COC(=O)CCCCCCCCCCCCCCCCCCCCCCC/C=C\CCCCCCCCCC. The minimum Gasteiger partial charge on any atom is -0.462 e. The normalized spacial score (nSPS) is 12.6. The molecule has 0 aromatic heterocycles. The minimum absolute atomic E-state index is 0.0966. The number of ether oxygens (including phenoxy) is 3. The Labute approximate surface area is 490 Å². The number of unbranched alkanes of at least 4 members (excludes halogenated alkanes) is 38. The average Bonchev–Trinajstić information content (AvgIpc) is 3.45. The fourth-order valence-corrected chi connectivity index (χ4v) is 9.81. The molecule has 0 fully saturated rings. The molecule has 79 heavy (non-hydrogen) atoms. The number of hydrogen-bond acceptors (Lipinski definition) is 6. The highest BCUT2D eigenvalue weighted by atomic mass is 16.6. The molecule has 0 amide bonds. The number of carbonyl (C=O) groups excluding carboxylic acids is 3. The maximum Gasteiger partial charge on any atom is 0.310 e. The van der Waals surface area contributed by atoms with Gasteiger partial charge >= 0.3 is 17.9 Å². The van der Waals surface area contributed by atoms with Crippen LogP contribution >= 0.6 is 0 Å². The molecule has 1 unspecified atom stereocenters. The third-order valence-corrected chi connectivity index (χ3v) is 14.9. The molecule has 1 atom stereocenters. The first-order valence-corrected chi connectivity index (χ1v) is 34.1. The quantitative estimate of drug-likeness (QED) is 0.0261. The van der Waals surface area contributed by atoms with Crippen molar-refractivity contribution in [2.45, 2.75) is 348 Å². The van der Waals surface area contributed by atoms with Gasteiger partial charge in [-0.05, 0) is 96.3 Å². The molecule has 0 heterocycles. The average molecular weight is 1100 g/mol. The van der Waals surface area contributed by atoms with E-state index < -0.39 is 12.1 Å². The van der Waals surface area contributed by atoms with Crippen molar-refractivity contribution >= 4 is 17.9 Å². The molecule has 0 aliphatic carbocycles. The van der Waals surface area contributed by atoms with Crippen LogP contribution in [0.2, 0.25) is 0 Å². The van der Waals surface area contributed by atoms with Gasteiger partial charge in [0.15, 0.2) is 6.10 Å². The molecule has 0 bridgehead atoms. The molecule has 0 saturated carbocycles. The van der Waals surface area contributed by atoms with Crippen LogP contribution in [0, 0.1) is 0 Å². The van der Waals surface area contributed by atoms with Gasteiger partial charge < -0.3 is 14.2 Å². The van der Waals surface area contributed by atoms with Crippen molar-refractivity contribution < 1.29 is 28.6 Å². The Morgan fingerprint density at radius 3 is 0.835 bits per heavy atom. The number of esters is 3. The van der Waals surface area contributed by atoms with Crippen molar-refractivity contribution in [3.63, 3.8) is 0 Å². The molecule has 6 heteroatoms. The summed E-state index contributed by atoms with van der Waals surface area (Å²) in [6, 6.07) is 0. The topological polar surface area (TPSA) is 78.9 Å². The molecular formula is C73H128O6. The van der Waals surface area contributed by atoms with E-state index in [-0.39, 0.29) is 31.6 Å². The molecule has 0 aliphatic rings. The molecule has 0 rings (SSSR count). The molecule has 0 spiro atoms. The van der Waals surface area contributed by atoms with Gasteiger partial charge in [-0.3, -0.25) is 14.4 Å².